The summed E-state index contributed by atoms with van der Waals surface area (Å²) in [5.41, 5.74) is 0. The first-order chi connectivity index (χ1) is 5.08. The summed E-state index contributed by atoms with van der Waals surface area (Å²) in [5, 5.41) is 1.59. The highest BCUT2D eigenvalue weighted by Crippen LogP contribution is 2.19. The summed E-state index contributed by atoms with van der Waals surface area (Å²) in [6, 6.07) is 0. The number of hydrogen-bond acceptors (Lipinski definition) is 3. The third kappa shape index (κ3) is 3.22. The topological polar surface area (TPSA) is 22.1 Å². The molecule has 62 valence electrons. The third-order valence-electron chi connectivity index (χ3n) is 0.769. The summed E-state index contributed by atoms with van der Waals surface area (Å²) in [6.07, 6.45) is -2.90. The van der Waals surface area contributed by atoms with Gasteiger partial charge in [0.2, 0.25) is 0 Å². The summed E-state index contributed by atoms with van der Waals surface area (Å²) < 4.78 is 38.8. The fourth-order valence-electron chi connectivity index (χ4n) is 0.425. The number of rotatable bonds is 2. The molecule has 0 fully saturated rings. The molecule has 0 spiro atoms. The van der Waals surface area contributed by atoms with Gasteiger partial charge < -0.3 is 4.74 Å². The van der Waals surface area contributed by atoms with E-state index in [4.69, 9.17) is 0 Å². The standard InChI is InChI=1S/C5H4F3NOS/c6-5(7,8)3-10-4-9-1-2-11-4/h1-2H,3H2. The minimum atomic E-state index is -4.29. The zero-order valence-corrected chi connectivity index (χ0v) is 6.08. The first-order valence-electron chi connectivity index (χ1n) is 2.67. The van der Waals surface area contributed by atoms with Crippen molar-refractivity contribution in [1.82, 2.24) is 4.98 Å². The number of thiazole rings is 1. The summed E-state index contributed by atoms with van der Waals surface area (Å²) in [7, 11) is 0. The van der Waals surface area contributed by atoms with Crippen LogP contribution in [0.2, 0.25) is 0 Å². The van der Waals surface area contributed by atoms with Crippen LogP contribution in [0.25, 0.3) is 0 Å². The van der Waals surface area contributed by atoms with Crippen LogP contribution in [0, 0.1) is 0 Å². The Hall–Kier alpha value is -0.780. The lowest BCUT2D eigenvalue weighted by atomic mass is 10.7. The summed E-state index contributed by atoms with van der Waals surface area (Å²) >= 11 is 1.03. The second-order valence-corrected chi connectivity index (χ2v) is 2.56. The Labute approximate surface area is 64.6 Å². The van der Waals surface area contributed by atoms with Gasteiger partial charge in [0.1, 0.15) is 0 Å². The second-order valence-electron chi connectivity index (χ2n) is 1.70. The third-order valence-corrected chi connectivity index (χ3v) is 1.45. The largest absolute Gasteiger partial charge is 0.460 e. The highest BCUT2D eigenvalue weighted by molar-refractivity contribution is 7.11. The van der Waals surface area contributed by atoms with E-state index in [-0.39, 0.29) is 5.19 Å². The molecular weight excluding hydrogens is 179 g/mol. The van der Waals surface area contributed by atoms with Gasteiger partial charge in [0.05, 0.1) is 0 Å². The molecule has 2 nitrogen and oxygen atoms in total. The van der Waals surface area contributed by atoms with Crippen LogP contribution in [0.3, 0.4) is 0 Å². The van der Waals surface area contributed by atoms with Crippen molar-refractivity contribution in [3.05, 3.63) is 11.6 Å². The molecule has 1 heterocycles. The zero-order chi connectivity index (χ0) is 8.32. The minimum Gasteiger partial charge on any atom is -0.460 e. The van der Waals surface area contributed by atoms with Crippen LogP contribution < -0.4 is 4.74 Å². The number of hydrogen-bond donors (Lipinski definition) is 0. The van der Waals surface area contributed by atoms with Crippen molar-refractivity contribution >= 4 is 11.3 Å². The summed E-state index contributed by atoms with van der Waals surface area (Å²) in [4.78, 5) is 3.52. The van der Waals surface area contributed by atoms with E-state index in [0.717, 1.165) is 11.3 Å². The van der Waals surface area contributed by atoms with E-state index in [9.17, 15) is 13.2 Å². The first kappa shape index (κ1) is 8.32. The molecule has 1 rings (SSSR count). The average Bonchev–Trinajstić information content (AvgIpc) is 2.32. The first-order valence-corrected chi connectivity index (χ1v) is 3.55. The Bertz CT molecular complexity index is 208. The second kappa shape index (κ2) is 3.08. The van der Waals surface area contributed by atoms with E-state index >= 15 is 0 Å². The Morgan fingerprint density at radius 1 is 1.55 bits per heavy atom. The molecule has 0 radical (unpaired) electrons. The maximum Gasteiger partial charge on any atom is 0.422 e. The number of alkyl halides is 3. The monoisotopic (exact) mass is 183 g/mol. The number of aromatic nitrogens is 1. The number of halogens is 3. The van der Waals surface area contributed by atoms with E-state index in [2.05, 4.69) is 9.72 Å². The molecule has 0 bridgehead atoms. The Morgan fingerprint density at radius 2 is 2.27 bits per heavy atom. The highest BCUT2D eigenvalue weighted by Gasteiger charge is 2.28. The molecule has 0 atom stereocenters. The lowest BCUT2D eigenvalue weighted by molar-refractivity contribution is -0.153. The number of nitrogens with zero attached hydrogens (tertiary/aromatic N) is 1. The lowest BCUT2D eigenvalue weighted by Gasteiger charge is -2.04. The SMILES string of the molecule is FC(F)(F)COc1nccs1. The Morgan fingerprint density at radius 3 is 2.73 bits per heavy atom. The maximum absolute atomic E-state index is 11.5. The molecule has 0 aromatic carbocycles. The van der Waals surface area contributed by atoms with Crippen molar-refractivity contribution in [3.63, 3.8) is 0 Å². The average molecular weight is 183 g/mol. The van der Waals surface area contributed by atoms with Crippen LogP contribution in [0.4, 0.5) is 13.2 Å². The molecule has 0 aliphatic rings. The van der Waals surface area contributed by atoms with Crippen LogP contribution in [0.1, 0.15) is 0 Å². The van der Waals surface area contributed by atoms with E-state index in [1.165, 1.54) is 6.20 Å². The van der Waals surface area contributed by atoms with Gasteiger partial charge in [-0.15, -0.1) is 0 Å². The molecule has 1 aromatic heterocycles. The van der Waals surface area contributed by atoms with Crippen LogP contribution in [0.15, 0.2) is 11.6 Å². The molecular formula is C5H4F3NOS. The van der Waals surface area contributed by atoms with Crippen LogP contribution in [-0.4, -0.2) is 17.8 Å². The normalized spacial score (nSPS) is 11.5. The fourth-order valence-corrected chi connectivity index (χ4v) is 0.912. The smallest absolute Gasteiger partial charge is 0.422 e. The maximum atomic E-state index is 11.5. The van der Waals surface area contributed by atoms with Crippen LogP contribution in [0.5, 0.6) is 5.19 Å². The predicted octanol–water partition coefficient (Wildman–Crippen LogP) is 2.08. The minimum absolute atomic E-state index is 0.0438. The van der Waals surface area contributed by atoms with E-state index in [1.807, 2.05) is 0 Å². The van der Waals surface area contributed by atoms with E-state index in [0.29, 0.717) is 0 Å². The Kier molecular flexibility index (Phi) is 2.33. The molecule has 0 amide bonds. The quantitative estimate of drug-likeness (QED) is 0.700. The van der Waals surface area contributed by atoms with Crippen molar-refractivity contribution in [2.24, 2.45) is 0 Å². The predicted molar refractivity (Wildman–Crippen MR) is 33.7 cm³/mol. The van der Waals surface area contributed by atoms with Gasteiger partial charge in [-0.1, -0.05) is 11.3 Å². The van der Waals surface area contributed by atoms with Gasteiger partial charge in [0.15, 0.2) is 6.61 Å². The van der Waals surface area contributed by atoms with Crippen molar-refractivity contribution < 1.29 is 17.9 Å². The van der Waals surface area contributed by atoms with Gasteiger partial charge in [-0.3, -0.25) is 0 Å². The molecule has 0 aliphatic heterocycles. The fraction of sp³-hybridized carbons (Fsp3) is 0.400. The molecule has 0 aliphatic carbocycles. The van der Waals surface area contributed by atoms with Crippen molar-refractivity contribution in [3.8, 4) is 5.19 Å². The van der Waals surface area contributed by atoms with Crippen LogP contribution in [-0.2, 0) is 0 Å². The molecule has 0 unspecified atom stereocenters. The van der Waals surface area contributed by atoms with Gasteiger partial charge in [-0.05, 0) is 0 Å². The highest BCUT2D eigenvalue weighted by atomic mass is 32.1. The molecule has 1 aromatic rings. The molecule has 0 saturated heterocycles. The molecule has 11 heavy (non-hydrogen) atoms. The van der Waals surface area contributed by atoms with Gasteiger partial charge >= 0.3 is 6.18 Å². The van der Waals surface area contributed by atoms with Gasteiger partial charge in [0, 0.05) is 11.6 Å². The van der Waals surface area contributed by atoms with Gasteiger partial charge in [0.25, 0.3) is 5.19 Å². The van der Waals surface area contributed by atoms with Crippen molar-refractivity contribution in [2.45, 2.75) is 6.18 Å². The summed E-state index contributed by atoms with van der Waals surface area (Å²) in [6.45, 7) is -1.28. The summed E-state index contributed by atoms with van der Waals surface area (Å²) in [5.74, 6) is 0. The molecule has 6 heteroatoms. The van der Waals surface area contributed by atoms with Crippen molar-refractivity contribution in [1.29, 1.82) is 0 Å². The molecule has 0 saturated carbocycles. The lowest BCUT2D eigenvalue weighted by Crippen LogP contribution is -2.19. The van der Waals surface area contributed by atoms with Crippen LogP contribution >= 0.6 is 11.3 Å². The number of ether oxygens (including phenoxy) is 1. The Balaban J connectivity index is 2.35. The van der Waals surface area contributed by atoms with Gasteiger partial charge in [-0.25, -0.2) is 4.98 Å². The van der Waals surface area contributed by atoms with Crippen molar-refractivity contribution in [2.75, 3.05) is 6.61 Å². The van der Waals surface area contributed by atoms with E-state index in [1.54, 1.807) is 5.38 Å². The van der Waals surface area contributed by atoms with Gasteiger partial charge in [-0.2, -0.15) is 13.2 Å². The van der Waals surface area contributed by atoms with E-state index < -0.39 is 12.8 Å². The zero-order valence-electron chi connectivity index (χ0n) is 5.26. The molecule has 0 N–H and O–H groups in total.